The molecule has 238 valence electrons. The minimum absolute atomic E-state index is 0.0172. The number of aliphatic hydroxyl groups is 3. The predicted molar refractivity (Wildman–Crippen MR) is 178 cm³/mol. The van der Waals surface area contributed by atoms with Crippen molar-refractivity contribution in [3.05, 3.63) is 71.8 Å². The topological polar surface area (TPSA) is 69.9 Å². The highest BCUT2D eigenvalue weighted by atomic mass is 28.4. The average molecular weight is 607 g/mol. The molecule has 43 heavy (non-hydrogen) atoms. The molecule has 0 unspecified atom stereocenters. The largest absolute Gasteiger partial charge is 0.413 e. The highest BCUT2D eigenvalue weighted by molar-refractivity contribution is 6.75. The maximum Gasteiger partial charge on any atom is 0.207 e. The molecule has 3 aliphatic rings. The first-order valence-electron chi connectivity index (χ1n) is 17.0. The summed E-state index contributed by atoms with van der Waals surface area (Å²) >= 11 is 0. The number of hydrogen-bond acceptors (Lipinski definition) is 4. The number of fused-ring (bicyclic) bond motifs is 1. The first-order valence-corrected chi connectivity index (χ1v) is 19.3. The van der Waals surface area contributed by atoms with E-state index in [-0.39, 0.29) is 47.0 Å². The molecule has 4 nitrogen and oxygen atoms in total. The fourth-order valence-corrected chi connectivity index (χ4v) is 14.2. The van der Waals surface area contributed by atoms with Crippen molar-refractivity contribution in [3.63, 3.8) is 0 Å². The first kappa shape index (κ1) is 32.9. The summed E-state index contributed by atoms with van der Waals surface area (Å²) in [5.74, 6) is 0.982. The molecule has 3 saturated carbocycles. The van der Waals surface area contributed by atoms with Gasteiger partial charge in [-0.3, -0.25) is 0 Å². The van der Waals surface area contributed by atoms with Crippen molar-refractivity contribution in [2.45, 2.75) is 115 Å². The van der Waals surface area contributed by atoms with E-state index in [2.05, 4.69) is 95.3 Å². The summed E-state index contributed by atoms with van der Waals surface area (Å²) in [6.45, 7) is 14.1. The third-order valence-electron chi connectivity index (χ3n) is 13.2. The van der Waals surface area contributed by atoms with E-state index in [1.807, 2.05) is 6.92 Å². The molecule has 0 aromatic heterocycles. The molecule has 0 saturated heterocycles. The molecule has 3 fully saturated rings. The van der Waals surface area contributed by atoms with Crippen molar-refractivity contribution in [1.29, 1.82) is 0 Å². The molecule has 5 heteroatoms. The van der Waals surface area contributed by atoms with Crippen molar-refractivity contribution >= 4 is 8.32 Å². The second-order valence-corrected chi connectivity index (χ2v) is 20.7. The molecular formula is C38H58O4Si. The summed E-state index contributed by atoms with van der Waals surface area (Å²) in [6.07, 6.45) is 6.80. The summed E-state index contributed by atoms with van der Waals surface area (Å²) < 4.78 is 7.58. The lowest BCUT2D eigenvalue weighted by Crippen LogP contribution is -2.58. The van der Waals surface area contributed by atoms with E-state index in [4.69, 9.17) is 4.43 Å². The number of hydrogen-bond donors (Lipinski definition) is 3. The lowest BCUT2D eigenvalue weighted by molar-refractivity contribution is -0.143. The zero-order valence-electron chi connectivity index (χ0n) is 27.7. The van der Waals surface area contributed by atoms with E-state index < -0.39 is 13.9 Å². The molecule has 3 aliphatic carbocycles. The smallest absolute Gasteiger partial charge is 0.207 e. The second kappa shape index (κ2) is 12.4. The Morgan fingerprint density at radius 3 is 1.84 bits per heavy atom. The maximum absolute atomic E-state index is 11.3. The Morgan fingerprint density at radius 2 is 1.33 bits per heavy atom. The van der Waals surface area contributed by atoms with Gasteiger partial charge in [0.25, 0.3) is 0 Å². The first-order chi connectivity index (χ1) is 20.3. The number of aliphatic hydroxyl groups excluding tert-OH is 2. The van der Waals surface area contributed by atoms with Gasteiger partial charge in [-0.05, 0) is 115 Å². The van der Waals surface area contributed by atoms with Crippen LogP contribution in [0.2, 0.25) is 5.04 Å². The fourth-order valence-electron chi connectivity index (χ4n) is 9.89. The van der Waals surface area contributed by atoms with Gasteiger partial charge in [0.2, 0.25) is 8.32 Å². The van der Waals surface area contributed by atoms with E-state index in [0.29, 0.717) is 11.8 Å². The summed E-state index contributed by atoms with van der Waals surface area (Å²) in [5, 5.41) is 33.1. The molecule has 0 radical (unpaired) electrons. The van der Waals surface area contributed by atoms with Gasteiger partial charge in [0.1, 0.15) is 0 Å². The Hall–Kier alpha value is -1.50. The summed E-state index contributed by atoms with van der Waals surface area (Å²) in [5.41, 5.74) is 1.83. The zero-order chi connectivity index (χ0) is 31.1. The van der Waals surface area contributed by atoms with Gasteiger partial charge in [0.15, 0.2) is 0 Å². The Morgan fingerprint density at radius 1 is 0.767 bits per heavy atom. The molecule has 5 rings (SSSR count). The minimum atomic E-state index is -2.41. The van der Waals surface area contributed by atoms with Crippen LogP contribution in [0.4, 0.5) is 0 Å². The molecule has 8 atom stereocenters. The van der Waals surface area contributed by atoms with Crippen molar-refractivity contribution in [3.8, 4) is 0 Å². The molecule has 0 aliphatic heterocycles. The van der Waals surface area contributed by atoms with Gasteiger partial charge in [-0.15, -0.1) is 0 Å². The molecule has 0 bridgehead atoms. The van der Waals surface area contributed by atoms with Crippen molar-refractivity contribution in [1.82, 2.24) is 0 Å². The Balaban J connectivity index is 1.41. The number of rotatable bonds is 9. The highest BCUT2D eigenvalue weighted by Gasteiger charge is 2.62. The zero-order valence-corrected chi connectivity index (χ0v) is 28.7. The van der Waals surface area contributed by atoms with Crippen LogP contribution in [0.1, 0.15) is 97.6 Å². The van der Waals surface area contributed by atoms with Crippen LogP contribution in [-0.4, -0.2) is 48.6 Å². The van der Waals surface area contributed by atoms with Crippen LogP contribution in [0, 0.1) is 34.5 Å². The maximum atomic E-state index is 11.3. The summed E-state index contributed by atoms with van der Waals surface area (Å²) in [6, 6.07) is 23.7. The van der Waals surface area contributed by atoms with Crippen LogP contribution in [0.3, 0.4) is 0 Å². The van der Waals surface area contributed by atoms with Gasteiger partial charge in [-0.25, -0.2) is 0 Å². The predicted octanol–water partition coefficient (Wildman–Crippen LogP) is 7.67. The van der Waals surface area contributed by atoms with Gasteiger partial charge >= 0.3 is 0 Å². The Labute approximate surface area is 262 Å². The highest BCUT2D eigenvalue weighted by Crippen LogP contribution is 2.65. The lowest BCUT2D eigenvalue weighted by Gasteiger charge is -2.58. The molecule has 0 heterocycles. The minimum Gasteiger partial charge on any atom is -0.413 e. The summed E-state index contributed by atoms with van der Waals surface area (Å²) in [7, 11) is -2.41. The van der Waals surface area contributed by atoms with Crippen LogP contribution in [0.25, 0.3) is 0 Å². The normalized spacial score (nSPS) is 36.8. The lowest BCUT2D eigenvalue weighted by atomic mass is 9.48. The van der Waals surface area contributed by atoms with E-state index in [9.17, 15) is 15.3 Å². The third-order valence-corrected chi connectivity index (χ3v) is 18.7. The molecule has 0 spiro atoms. The molecule has 3 N–H and O–H groups in total. The van der Waals surface area contributed by atoms with Crippen LogP contribution >= 0.6 is 0 Å². The van der Waals surface area contributed by atoms with Gasteiger partial charge in [0.05, 0.1) is 5.60 Å². The van der Waals surface area contributed by atoms with Gasteiger partial charge in [0, 0.05) is 19.3 Å². The number of benzene rings is 2. The summed E-state index contributed by atoms with van der Waals surface area (Å²) in [4.78, 5) is 0. The van der Waals surface area contributed by atoms with Crippen LogP contribution in [0.5, 0.6) is 0 Å². The van der Waals surface area contributed by atoms with Crippen LogP contribution in [0.15, 0.2) is 60.7 Å². The average Bonchev–Trinajstić information content (AvgIpc) is 3.22. The molecule has 0 amide bonds. The quantitative estimate of drug-likeness (QED) is 0.256. The van der Waals surface area contributed by atoms with E-state index >= 15 is 0 Å². The van der Waals surface area contributed by atoms with Crippen LogP contribution in [-0.2, 0) is 16.5 Å². The molecule has 2 aromatic carbocycles. The fraction of sp³-hybridized carbons (Fsp3) is 0.684. The Kier molecular flexibility index (Phi) is 9.45. The molecule has 2 aromatic rings. The van der Waals surface area contributed by atoms with Gasteiger partial charge in [-0.2, -0.15) is 0 Å². The third kappa shape index (κ3) is 6.06. The van der Waals surface area contributed by atoms with E-state index in [1.54, 1.807) is 0 Å². The van der Waals surface area contributed by atoms with E-state index in [1.165, 1.54) is 11.1 Å². The van der Waals surface area contributed by atoms with Gasteiger partial charge < -0.3 is 19.7 Å². The van der Waals surface area contributed by atoms with Crippen molar-refractivity contribution in [2.24, 2.45) is 34.5 Å². The van der Waals surface area contributed by atoms with Crippen LogP contribution < -0.4 is 0 Å². The molecular weight excluding hydrogens is 549 g/mol. The SMILES string of the molecule is CC(C)(C)[Si](Cc1ccccc1)(Cc1ccccc1)O[C@H]1CC[C@](C)([C@H]2CC[C@@]3(C)[C@@H](CC[C@]3(C)O)[C@@H]2CO)[C@@H](CO)C1. The Bertz CT molecular complexity index is 1150. The van der Waals surface area contributed by atoms with Crippen molar-refractivity contribution < 1.29 is 19.7 Å². The second-order valence-electron chi connectivity index (χ2n) is 16.3. The van der Waals surface area contributed by atoms with Crippen molar-refractivity contribution in [2.75, 3.05) is 13.2 Å². The standard InChI is InChI=1S/C38H58O4Si/c1-35(2,3)43(26-28-13-9-7-10-14-28,27-29-15-11-8-12-16-29)42-31-17-20-36(4,30(23-31)24-39)33-18-21-37(5)34(32(33)25-40)19-22-38(37,6)41/h7-16,30-34,39-41H,17-27H2,1-6H3/t30-,31+,32-,33+,34+,36+,37+,38+/m1/s1. The van der Waals surface area contributed by atoms with E-state index in [0.717, 1.165) is 57.0 Å². The van der Waals surface area contributed by atoms with Gasteiger partial charge in [-0.1, -0.05) is 95.3 Å². The monoisotopic (exact) mass is 606 g/mol.